The molecule has 18 heavy (non-hydrogen) atoms. The number of anilines is 1. The van der Waals surface area contributed by atoms with Crippen molar-refractivity contribution in [2.75, 3.05) is 5.73 Å². The van der Waals surface area contributed by atoms with Gasteiger partial charge in [-0.15, -0.1) is 0 Å². The number of halogens is 1. The van der Waals surface area contributed by atoms with Gasteiger partial charge in [-0.3, -0.25) is 4.40 Å². The van der Waals surface area contributed by atoms with Gasteiger partial charge in [0.2, 0.25) is 0 Å². The van der Waals surface area contributed by atoms with Gasteiger partial charge in [0.1, 0.15) is 11.5 Å². The Morgan fingerprint density at radius 1 is 1.11 bits per heavy atom. The molecule has 2 N–H and O–H groups in total. The van der Waals surface area contributed by atoms with E-state index in [-0.39, 0.29) is 0 Å². The summed E-state index contributed by atoms with van der Waals surface area (Å²) in [5, 5.41) is 0.738. The molecule has 0 amide bonds. The van der Waals surface area contributed by atoms with E-state index in [1.807, 2.05) is 53.1 Å². The highest BCUT2D eigenvalue weighted by Gasteiger charge is 2.08. The molecular formula is C14H12ClN3. The fourth-order valence-corrected chi connectivity index (χ4v) is 2.12. The van der Waals surface area contributed by atoms with Crippen LogP contribution in [0.5, 0.6) is 0 Å². The largest absolute Gasteiger partial charge is 0.383 e. The lowest BCUT2D eigenvalue weighted by atomic mass is 10.1. The van der Waals surface area contributed by atoms with Crippen molar-refractivity contribution in [3.05, 3.63) is 64.9 Å². The predicted octanol–water partition coefficient (Wildman–Crippen LogP) is 3.16. The van der Waals surface area contributed by atoms with Crippen LogP contribution in [0.1, 0.15) is 11.3 Å². The lowest BCUT2D eigenvalue weighted by molar-refractivity contribution is 1.12. The van der Waals surface area contributed by atoms with Gasteiger partial charge in [0.15, 0.2) is 0 Å². The first-order chi connectivity index (χ1) is 8.74. The molecule has 1 aromatic carbocycles. The maximum atomic E-state index is 6.09. The van der Waals surface area contributed by atoms with Crippen LogP contribution in [0.3, 0.4) is 0 Å². The minimum atomic E-state index is 0.695. The van der Waals surface area contributed by atoms with Crippen molar-refractivity contribution in [3.63, 3.8) is 0 Å². The van der Waals surface area contributed by atoms with E-state index in [1.165, 1.54) is 0 Å². The zero-order valence-corrected chi connectivity index (χ0v) is 10.4. The molecule has 0 spiro atoms. The molecule has 0 aliphatic rings. The van der Waals surface area contributed by atoms with Gasteiger partial charge in [0.05, 0.1) is 5.69 Å². The summed E-state index contributed by atoms with van der Waals surface area (Å²) in [5.74, 6) is 0.695. The number of pyridine rings is 1. The maximum Gasteiger partial charge on any atom is 0.138 e. The van der Waals surface area contributed by atoms with Crippen LogP contribution in [0.25, 0.3) is 5.65 Å². The lowest BCUT2D eigenvalue weighted by Crippen LogP contribution is -1.97. The number of aromatic nitrogens is 2. The minimum Gasteiger partial charge on any atom is -0.383 e. The lowest BCUT2D eigenvalue weighted by Gasteiger charge is -2.00. The molecular weight excluding hydrogens is 246 g/mol. The van der Waals surface area contributed by atoms with Crippen LogP contribution in [0.4, 0.5) is 5.82 Å². The molecule has 90 valence electrons. The fraction of sp³-hybridized carbons (Fsp3) is 0.0714. The number of benzene rings is 1. The number of rotatable bonds is 2. The van der Waals surface area contributed by atoms with Crippen molar-refractivity contribution in [2.45, 2.75) is 6.42 Å². The van der Waals surface area contributed by atoms with Gasteiger partial charge in [-0.2, -0.15) is 0 Å². The molecule has 0 aliphatic heterocycles. The van der Waals surface area contributed by atoms with E-state index < -0.39 is 0 Å². The normalized spacial score (nSPS) is 10.9. The molecule has 0 saturated heterocycles. The molecule has 2 heterocycles. The van der Waals surface area contributed by atoms with Gasteiger partial charge in [0.25, 0.3) is 0 Å². The van der Waals surface area contributed by atoms with Gasteiger partial charge >= 0.3 is 0 Å². The van der Waals surface area contributed by atoms with E-state index in [0.29, 0.717) is 12.2 Å². The zero-order chi connectivity index (χ0) is 12.5. The second kappa shape index (κ2) is 4.35. The summed E-state index contributed by atoms with van der Waals surface area (Å²) < 4.78 is 1.89. The van der Waals surface area contributed by atoms with Crippen molar-refractivity contribution in [3.8, 4) is 0 Å². The molecule has 0 radical (unpaired) electrons. The third kappa shape index (κ3) is 1.93. The van der Waals surface area contributed by atoms with Crippen molar-refractivity contribution >= 4 is 23.1 Å². The summed E-state index contributed by atoms with van der Waals surface area (Å²) in [4.78, 5) is 4.53. The molecule has 2 aromatic heterocycles. The second-order valence-corrected chi connectivity index (χ2v) is 4.61. The average molecular weight is 258 g/mol. The van der Waals surface area contributed by atoms with Crippen molar-refractivity contribution in [1.29, 1.82) is 0 Å². The van der Waals surface area contributed by atoms with Crippen LogP contribution >= 0.6 is 11.6 Å². The van der Waals surface area contributed by atoms with Crippen LogP contribution in [0.15, 0.2) is 48.7 Å². The number of fused-ring (bicyclic) bond motifs is 1. The summed E-state index contributed by atoms with van der Waals surface area (Å²) in [5.41, 5.74) is 9.00. The summed E-state index contributed by atoms with van der Waals surface area (Å²) in [6, 6.07) is 13.6. The van der Waals surface area contributed by atoms with E-state index in [4.69, 9.17) is 17.3 Å². The molecule has 3 nitrogen and oxygen atoms in total. The topological polar surface area (TPSA) is 43.3 Å². The first-order valence-electron chi connectivity index (χ1n) is 5.70. The summed E-state index contributed by atoms with van der Waals surface area (Å²) in [6.45, 7) is 0. The molecule has 0 unspecified atom stereocenters. The highest BCUT2D eigenvalue weighted by molar-refractivity contribution is 6.30. The number of nitrogens with zero attached hydrogens (tertiary/aromatic N) is 2. The van der Waals surface area contributed by atoms with Crippen LogP contribution in [-0.4, -0.2) is 9.38 Å². The number of nitrogens with two attached hydrogens (primary N) is 1. The van der Waals surface area contributed by atoms with Gasteiger partial charge in [-0.25, -0.2) is 4.98 Å². The standard InChI is InChI=1S/C14H12ClN3/c15-11-6-4-10(5-7-11)9-12-14(16)18-8-2-1-3-13(18)17-12/h1-8H,9,16H2. The highest BCUT2D eigenvalue weighted by atomic mass is 35.5. The third-order valence-corrected chi connectivity index (χ3v) is 3.18. The van der Waals surface area contributed by atoms with E-state index in [1.54, 1.807) is 0 Å². The van der Waals surface area contributed by atoms with Gasteiger partial charge < -0.3 is 5.73 Å². The molecule has 0 aliphatic carbocycles. The molecule has 0 saturated carbocycles. The second-order valence-electron chi connectivity index (χ2n) is 4.18. The Balaban J connectivity index is 1.99. The van der Waals surface area contributed by atoms with Gasteiger partial charge in [0, 0.05) is 17.6 Å². The minimum absolute atomic E-state index is 0.695. The Labute approximate surface area is 110 Å². The molecule has 3 aromatic rings. The van der Waals surface area contributed by atoms with Crippen molar-refractivity contribution in [1.82, 2.24) is 9.38 Å². The van der Waals surface area contributed by atoms with Crippen molar-refractivity contribution in [2.24, 2.45) is 0 Å². The van der Waals surface area contributed by atoms with E-state index in [0.717, 1.165) is 21.9 Å². The molecule has 4 heteroatoms. The Morgan fingerprint density at radius 2 is 1.89 bits per heavy atom. The fourth-order valence-electron chi connectivity index (χ4n) is 1.99. The van der Waals surface area contributed by atoms with Crippen LogP contribution in [-0.2, 0) is 6.42 Å². The monoisotopic (exact) mass is 257 g/mol. The third-order valence-electron chi connectivity index (χ3n) is 2.93. The molecule has 0 fully saturated rings. The zero-order valence-electron chi connectivity index (χ0n) is 9.68. The maximum absolute atomic E-state index is 6.09. The van der Waals surface area contributed by atoms with E-state index in [9.17, 15) is 0 Å². The Bertz CT molecular complexity index is 686. The number of imidazole rings is 1. The average Bonchev–Trinajstić information content (AvgIpc) is 2.70. The first-order valence-corrected chi connectivity index (χ1v) is 6.08. The van der Waals surface area contributed by atoms with Crippen LogP contribution < -0.4 is 5.73 Å². The Morgan fingerprint density at radius 3 is 2.61 bits per heavy atom. The predicted molar refractivity (Wildman–Crippen MR) is 73.9 cm³/mol. The van der Waals surface area contributed by atoms with Gasteiger partial charge in [-0.1, -0.05) is 29.8 Å². The smallest absolute Gasteiger partial charge is 0.138 e. The van der Waals surface area contributed by atoms with Crippen molar-refractivity contribution < 1.29 is 0 Å². The highest BCUT2D eigenvalue weighted by Crippen LogP contribution is 2.19. The summed E-state index contributed by atoms with van der Waals surface area (Å²) in [7, 11) is 0. The number of nitrogen functional groups attached to an aromatic ring is 1. The van der Waals surface area contributed by atoms with Gasteiger partial charge in [-0.05, 0) is 29.8 Å². The Kier molecular flexibility index (Phi) is 2.68. The first kappa shape index (κ1) is 11.1. The van der Waals surface area contributed by atoms with E-state index >= 15 is 0 Å². The SMILES string of the molecule is Nc1c(Cc2ccc(Cl)cc2)nc2ccccn12. The summed E-state index contributed by atoms with van der Waals surface area (Å²) in [6.07, 6.45) is 2.63. The molecule has 0 bridgehead atoms. The van der Waals surface area contributed by atoms with Crippen LogP contribution in [0.2, 0.25) is 5.02 Å². The molecule has 0 atom stereocenters. The number of hydrogen-bond acceptors (Lipinski definition) is 2. The van der Waals surface area contributed by atoms with E-state index in [2.05, 4.69) is 4.98 Å². The number of hydrogen-bond donors (Lipinski definition) is 1. The molecule has 3 rings (SSSR count). The Hall–Kier alpha value is -2.00. The van der Waals surface area contributed by atoms with Crippen LogP contribution in [0, 0.1) is 0 Å². The quantitative estimate of drug-likeness (QED) is 0.766. The summed E-state index contributed by atoms with van der Waals surface area (Å²) >= 11 is 5.87.